The molecule has 0 saturated heterocycles. The monoisotopic (exact) mass is 285 g/mol. The fourth-order valence-corrected chi connectivity index (χ4v) is 1.98. The highest BCUT2D eigenvalue weighted by Gasteiger charge is 2.12. The normalized spacial score (nSPS) is 11.9. The van der Waals surface area contributed by atoms with Crippen LogP contribution in [0.3, 0.4) is 0 Å². The Morgan fingerprint density at radius 2 is 1.90 bits per heavy atom. The Morgan fingerprint density at radius 1 is 1.19 bits per heavy atom. The zero-order valence-electron chi connectivity index (χ0n) is 12.3. The van der Waals surface area contributed by atoms with Crippen molar-refractivity contribution in [2.24, 2.45) is 0 Å². The molecular weight excluding hydrogens is 266 g/mol. The number of aromatic nitrogens is 1. The highest BCUT2D eigenvalue weighted by atomic mass is 16.5. The predicted octanol–water partition coefficient (Wildman–Crippen LogP) is 3.57. The maximum absolute atomic E-state index is 12.0. The van der Waals surface area contributed by atoms with Crippen LogP contribution in [0.1, 0.15) is 52.6 Å². The van der Waals surface area contributed by atoms with Crippen LogP contribution in [-0.4, -0.2) is 23.3 Å². The Bertz CT molecular complexity index is 599. The third-order valence-electron chi connectivity index (χ3n) is 3.57. The third-order valence-corrected chi connectivity index (χ3v) is 3.57. The first-order valence-corrected chi connectivity index (χ1v) is 7.05. The predicted molar refractivity (Wildman–Crippen MR) is 80.6 cm³/mol. The van der Waals surface area contributed by atoms with Crippen molar-refractivity contribution in [3.63, 3.8) is 0 Å². The lowest BCUT2D eigenvalue weighted by molar-refractivity contribution is 0.0469. The topological polar surface area (TPSA) is 59.2 Å². The van der Waals surface area contributed by atoms with Crippen molar-refractivity contribution in [3.8, 4) is 0 Å². The number of benzene rings is 1. The number of hydrogen-bond donors (Lipinski definition) is 1. The van der Waals surface area contributed by atoms with Crippen LogP contribution in [0.2, 0.25) is 0 Å². The molecule has 0 fully saturated rings. The Balaban J connectivity index is 1.93. The van der Waals surface area contributed by atoms with E-state index < -0.39 is 5.97 Å². The van der Waals surface area contributed by atoms with Crippen LogP contribution in [0.5, 0.6) is 0 Å². The number of aromatic amines is 1. The highest BCUT2D eigenvalue weighted by molar-refractivity contribution is 5.99. The molecule has 0 aliphatic heterocycles. The van der Waals surface area contributed by atoms with Crippen LogP contribution in [0.25, 0.3) is 0 Å². The molecule has 2 aromatic rings. The van der Waals surface area contributed by atoms with Crippen LogP contribution in [0, 0.1) is 0 Å². The van der Waals surface area contributed by atoms with Crippen molar-refractivity contribution in [2.45, 2.75) is 26.2 Å². The molecule has 0 aliphatic carbocycles. The van der Waals surface area contributed by atoms with Gasteiger partial charge in [0, 0.05) is 11.8 Å². The molecule has 0 saturated carbocycles. The molecule has 0 bridgehead atoms. The molecule has 1 atom stereocenters. The zero-order chi connectivity index (χ0) is 15.2. The molecule has 0 spiro atoms. The first-order valence-electron chi connectivity index (χ1n) is 7.05. The summed E-state index contributed by atoms with van der Waals surface area (Å²) < 4.78 is 4.98. The van der Waals surface area contributed by atoms with Gasteiger partial charge in [0.15, 0.2) is 12.4 Å². The van der Waals surface area contributed by atoms with Gasteiger partial charge in [0.1, 0.15) is 5.69 Å². The fourth-order valence-electron chi connectivity index (χ4n) is 1.98. The summed E-state index contributed by atoms with van der Waals surface area (Å²) >= 11 is 0. The second kappa shape index (κ2) is 6.88. The Hall–Kier alpha value is -2.36. The molecule has 4 nitrogen and oxygen atoms in total. The minimum absolute atomic E-state index is 0.203. The fraction of sp³-hybridized carbons (Fsp3) is 0.294. The maximum Gasteiger partial charge on any atom is 0.355 e. The van der Waals surface area contributed by atoms with Gasteiger partial charge in [0.2, 0.25) is 0 Å². The molecule has 2 rings (SSSR count). The molecule has 21 heavy (non-hydrogen) atoms. The molecule has 1 N–H and O–H groups in total. The number of H-pyrrole nitrogens is 1. The van der Waals surface area contributed by atoms with Gasteiger partial charge in [-0.15, -0.1) is 0 Å². The first-order chi connectivity index (χ1) is 10.1. The first kappa shape index (κ1) is 15.0. The van der Waals surface area contributed by atoms with Crippen LogP contribution in [-0.2, 0) is 4.74 Å². The van der Waals surface area contributed by atoms with Crippen molar-refractivity contribution < 1.29 is 14.3 Å². The number of ether oxygens (including phenoxy) is 1. The molecule has 0 aliphatic rings. The average Bonchev–Trinajstić information content (AvgIpc) is 3.06. The summed E-state index contributed by atoms with van der Waals surface area (Å²) in [5.74, 6) is -0.255. The summed E-state index contributed by atoms with van der Waals surface area (Å²) in [6.45, 7) is 4.03. The largest absolute Gasteiger partial charge is 0.453 e. The highest BCUT2D eigenvalue weighted by Crippen LogP contribution is 2.19. The molecule has 0 amide bonds. The van der Waals surface area contributed by atoms with Crippen LogP contribution >= 0.6 is 0 Å². The number of esters is 1. The SMILES string of the molecule is CC[C@H](C)c1ccc(C(=O)COC(=O)c2ccc[nH]2)cc1. The van der Waals surface area contributed by atoms with Crippen molar-refractivity contribution in [3.05, 3.63) is 59.4 Å². The summed E-state index contributed by atoms with van der Waals surface area (Å²) in [6.07, 6.45) is 2.69. The lowest BCUT2D eigenvalue weighted by atomic mass is 9.97. The van der Waals surface area contributed by atoms with Crippen molar-refractivity contribution in [1.82, 2.24) is 4.98 Å². The minimum Gasteiger partial charge on any atom is -0.453 e. The third kappa shape index (κ3) is 3.81. The summed E-state index contributed by atoms with van der Waals surface area (Å²) in [4.78, 5) is 26.3. The summed E-state index contributed by atoms with van der Waals surface area (Å²) in [6, 6.07) is 10.8. The van der Waals surface area contributed by atoms with E-state index in [1.807, 2.05) is 12.1 Å². The Labute approximate surface area is 124 Å². The molecule has 0 unspecified atom stereocenters. The van der Waals surface area contributed by atoms with Crippen molar-refractivity contribution in [1.29, 1.82) is 0 Å². The van der Waals surface area contributed by atoms with E-state index in [2.05, 4.69) is 18.8 Å². The van der Waals surface area contributed by atoms with Gasteiger partial charge in [0.05, 0.1) is 0 Å². The maximum atomic E-state index is 12.0. The van der Waals surface area contributed by atoms with Crippen molar-refractivity contribution >= 4 is 11.8 Å². The van der Waals surface area contributed by atoms with Gasteiger partial charge in [-0.25, -0.2) is 4.79 Å². The molecular formula is C17H19NO3. The zero-order valence-corrected chi connectivity index (χ0v) is 12.3. The number of carbonyl (C=O) groups is 2. The molecule has 1 heterocycles. The molecule has 1 aromatic heterocycles. The molecule has 110 valence electrons. The Kier molecular flexibility index (Phi) is 4.93. The van der Waals surface area contributed by atoms with Gasteiger partial charge >= 0.3 is 5.97 Å². The van der Waals surface area contributed by atoms with E-state index >= 15 is 0 Å². The van der Waals surface area contributed by atoms with E-state index in [9.17, 15) is 9.59 Å². The van der Waals surface area contributed by atoms with E-state index in [-0.39, 0.29) is 12.4 Å². The molecule has 4 heteroatoms. The number of rotatable bonds is 6. The van der Waals surface area contributed by atoms with E-state index in [1.54, 1.807) is 30.5 Å². The van der Waals surface area contributed by atoms with Gasteiger partial charge in [-0.2, -0.15) is 0 Å². The lowest BCUT2D eigenvalue weighted by Crippen LogP contribution is -2.14. The lowest BCUT2D eigenvalue weighted by Gasteiger charge is -2.09. The van der Waals surface area contributed by atoms with Crippen LogP contribution in [0.4, 0.5) is 0 Å². The second-order valence-electron chi connectivity index (χ2n) is 5.01. The standard InChI is InChI=1S/C17H19NO3/c1-3-12(2)13-6-8-14(9-7-13)16(19)11-21-17(20)15-5-4-10-18-15/h4-10,12,18H,3,11H2,1-2H3/t12-/m0/s1. The molecule has 1 aromatic carbocycles. The minimum atomic E-state index is -0.524. The molecule has 0 radical (unpaired) electrons. The van der Waals surface area contributed by atoms with Gasteiger partial charge in [-0.1, -0.05) is 38.1 Å². The van der Waals surface area contributed by atoms with E-state index in [0.29, 0.717) is 17.2 Å². The summed E-state index contributed by atoms with van der Waals surface area (Å²) in [5, 5.41) is 0. The smallest absolute Gasteiger partial charge is 0.355 e. The van der Waals surface area contributed by atoms with Crippen molar-refractivity contribution in [2.75, 3.05) is 6.61 Å². The van der Waals surface area contributed by atoms with Crippen LogP contribution in [0.15, 0.2) is 42.6 Å². The number of Topliss-reactive ketones (excluding diaryl/α,β-unsaturated/α-hetero) is 1. The van der Waals surface area contributed by atoms with Gasteiger partial charge in [-0.05, 0) is 30.0 Å². The number of nitrogens with one attached hydrogen (secondary N) is 1. The number of carbonyl (C=O) groups excluding carboxylic acids is 2. The summed E-state index contributed by atoms with van der Waals surface area (Å²) in [5.41, 5.74) is 2.11. The summed E-state index contributed by atoms with van der Waals surface area (Å²) in [7, 11) is 0. The quantitative estimate of drug-likeness (QED) is 0.652. The Morgan fingerprint density at radius 3 is 2.48 bits per heavy atom. The average molecular weight is 285 g/mol. The van der Waals surface area contributed by atoms with E-state index in [0.717, 1.165) is 6.42 Å². The van der Waals surface area contributed by atoms with Crippen LogP contribution < -0.4 is 0 Å². The number of hydrogen-bond acceptors (Lipinski definition) is 3. The van der Waals surface area contributed by atoms with Gasteiger partial charge in [-0.3, -0.25) is 4.79 Å². The van der Waals surface area contributed by atoms with E-state index in [4.69, 9.17) is 4.74 Å². The number of ketones is 1. The van der Waals surface area contributed by atoms with Gasteiger partial charge < -0.3 is 9.72 Å². The van der Waals surface area contributed by atoms with E-state index in [1.165, 1.54) is 5.56 Å². The second-order valence-corrected chi connectivity index (χ2v) is 5.01. The van der Waals surface area contributed by atoms with Gasteiger partial charge in [0.25, 0.3) is 0 Å².